The van der Waals surface area contributed by atoms with Gasteiger partial charge in [0.1, 0.15) is 0 Å². The molecule has 3 unspecified atom stereocenters. The Morgan fingerprint density at radius 1 is 1.24 bits per heavy atom. The molecule has 2 aromatic carbocycles. The molecule has 0 aliphatic heterocycles. The van der Waals surface area contributed by atoms with Crippen LogP contribution in [0.4, 0.5) is 0 Å². The van der Waals surface area contributed by atoms with Crippen LogP contribution in [0.3, 0.4) is 0 Å². The summed E-state index contributed by atoms with van der Waals surface area (Å²) in [5, 5.41) is 22.9. The third-order valence-electron chi connectivity index (χ3n) is 4.90. The van der Waals surface area contributed by atoms with Crippen molar-refractivity contribution in [3.05, 3.63) is 48.0 Å². The van der Waals surface area contributed by atoms with Gasteiger partial charge in [-0.2, -0.15) is 5.26 Å². The number of aliphatic hydroxyl groups excluding tert-OH is 1. The number of hydrogen-bond acceptors (Lipinski definition) is 2. The van der Waals surface area contributed by atoms with Gasteiger partial charge < -0.3 is 5.11 Å². The molecule has 1 N–H and O–H groups in total. The van der Waals surface area contributed by atoms with Gasteiger partial charge in [0, 0.05) is 0 Å². The zero-order valence-corrected chi connectivity index (χ0v) is 12.4. The predicted molar refractivity (Wildman–Crippen MR) is 84.6 cm³/mol. The zero-order chi connectivity index (χ0) is 14.9. The smallest absolute Gasteiger partial charge is 0.0982 e. The lowest BCUT2D eigenvalue weighted by Gasteiger charge is -2.38. The maximum atomic E-state index is 11.0. The van der Waals surface area contributed by atoms with Crippen LogP contribution in [0.2, 0.25) is 0 Å². The number of rotatable bonds is 2. The molecule has 1 aliphatic carbocycles. The van der Waals surface area contributed by atoms with E-state index in [4.69, 9.17) is 0 Å². The van der Waals surface area contributed by atoms with Crippen molar-refractivity contribution in [2.45, 2.75) is 38.7 Å². The van der Waals surface area contributed by atoms with Crippen molar-refractivity contribution in [2.75, 3.05) is 0 Å². The molecule has 0 spiro atoms. The van der Waals surface area contributed by atoms with Crippen LogP contribution < -0.4 is 0 Å². The van der Waals surface area contributed by atoms with Crippen molar-refractivity contribution in [2.24, 2.45) is 11.3 Å². The quantitative estimate of drug-likeness (QED) is 0.873. The van der Waals surface area contributed by atoms with Crippen molar-refractivity contribution in [3.63, 3.8) is 0 Å². The van der Waals surface area contributed by atoms with Gasteiger partial charge in [-0.25, -0.2) is 0 Å². The molecule has 2 nitrogen and oxygen atoms in total. The van der Waals surface area contributed by atoms with Gasteiger partial charge in [0.2, 0.25) is 0 Å². The standard InChI is InChI=1S/C19H21NO/c1-14-6-5-11-19(12-14,13-20)18(21)17-10-4-8-15-7-2-3-9-16(15)17/h2-4,7-10,14,18,21H,5-6,11-12H2,1H3. The Morgan fingerprint density at radius 3 is 2.76 bits per heavy atom. The molecule has 21 heavy (non-hydrogen) atoms. The normalized spacial score (nSPS) is 27.2. The molecule has 0 bridgehead atoms. The van der Waals surface area contributed by atoms with E-state index >= 15 is 0 Å². The van der Waals surface area contributed by atoms with Gasteiger partial charge in [-0.3, -0.25) is 0 Å². The first-order chi connectivity index (χ1) is 10.2. The van der Waals surface area contributed by atoms with Crippen LogP contribution in [0.15, 0.2) is 42.5 Å². The maximum absolute atomic E-state index is 11.0. The van der Waals surface area contributed by atoms with Crippen LogP contribution in [0.1, 0.15) is 44.3 Å². The third-order valence-corrected chi connectivity index (χ3v) is 4.90. The van der Waals surface area contributed by atoms with Crippen LogP contribution in [0.5, 0.6) is 0 Å². The summed E-state index contributed by atoms with van der Waals surface area (Å²) in [6.45, 7) is 2.18. The van der Waals surface area contributed by atoms with E-state index in [1.165, 1.54) is 0 Å². The number of nitriles is 1. The first kappa shape index (κ1) is 14.1. The second-order valence-corrected chi connectivity index (χ2v) is 6.44. The van der Waals surface area contributed by atoms with Crippen molar-refractivity contribution in [1.82, 2.24) is 0 Å². The second-order valence-electron chi connectivity index (χ2n) is 6.44. The summed E-state index contributed by atoms with van der Waals surface area (Å²) in [4.78, 5) is 0. The van der Waals surface area contributed by atoms with Crippen LogP contribution in [-0.2, 0) is 0 Å². The van der Waals surface area contributed by atoms with Crippen LogP contribution in [0, 0.1) is 22.7 Å². The van der Waals surface area contributed by atoms with Gasteiger partial charge in [0.15, 0.2) is 0 Å². The second kappa shape index (κ2) is 5.50. The highest BCUT2D eigenvalue weighted by Gasteiger charge is 2.42. The topological polar surface area (TPSA) is 44.0 Å². The average Bonchev–Trinajstić information content (AvgIpc) is 2.53. The predicted octanol–water partition coefficient (Wildman–Crippen LogP) is 4.59. The Hall–Kier alpha value is -1.85. The summed E-state index contributed by atoms with van der Waals surface area (Å²) in [6, 6.07) is 16.5. The highest BCUT2D eigenvalue weighted by molar-refractivity contribution is 5.86. The first-order valence-electron chi connectivity index (χ1n) is 7.73. The Bertz CT molecular complexity index is 682. The van der Waals surface area contributed by atoms with Crippen molar-refractivity contribution >= 4 is 10.8 Å². The molecule has 2 aromatic rings. The van der Waals surface area contributed by atoms with Crippen LogP contribution >= 0.6 is 0 Å². The molecule has 0 radical (unpaired) electrons. The number of aliphatic hydroxyl groups is 1. The highest BCUT2D eigenvalue weighted by Crippen LogP contribution is 2.48. The molecule has 3 rings (SSSR count). The molecule has 2 heteroatoms. The Morgan fingerprint density at radius 2 is 2.00 bits per heavy atom. The largest absolute Gasteiger partial charge is 0.387 e. The van der Waals surface area contributed by atoms with Gasteiger partial charge in [-0.05, 0) is 35.1 Å². The summed E-state index contributed by atoms with van der Waals surface area (Å²) in [6.07, 6.45) is 3.05. The number of nitrogens with zero attached hydrogens (tertiary/aromatic N) is 1. The third kappa shape index (κ3) is 2.43. The van der Waals surface area contributed by atoms with Gasteiger partial charge in [-0.1, -0.05) is 62.2 Å². The maximum Gasteiger partial charge on any atom is 0.0982 e. The van der Waals surface area contributed by atoms with Crippen LogP contribution in [0.25, 0.3) is 10.8 Å². The number of fused-ring (bicyclic) bond motifs is 1. The molecule has 1 saturated carbocycles. The molecule has 0 saturated heterocycles. The lowest BCUT2D eigenvalue weighted by atomic mass is 9.66. The molecule has 1 fully saturated rings. The van der Waals surface area contributed by atoms with E-state index in [0.717, 1.165) is 42.0 Å². The summed E-state index contributed by atoms with van der Waals surface area (Å²) < 4.78 is 0. The van der Waals surface area contributed by atoms with Crippen molar-refractivity contribution < 1.29 is 5.11 Å². The minimum atomic E-state index is -0.712. The van der Waals surface area contributed by atoms with Gasteiger partial charge in [0.05, 0.1) is 17.6 Å². The lowest BCUT2D eigenvalue weighted by Crippen LogP contribution is -2.33. The van der Waals surface area contributed by atoms with Gasteiger partial charge >= 0.3 is 0 Å². The zero-order valence-electron chi connectivity index (χ0n) is 12.4. The van der Waals surface area contributed by atoms with Gasteiger partial charge in [-0.15, -0.1) is 0 Å². The molecular formula is C19H21NO. The average molecular weight is 279 g/mol. The number of benzene rings is 2. The summed E-state index contributed by atoms with van der Waals surface area (Å²) in [7, 11) is 0. The highest BCUT2D eigenvalue weighted by atomic mass is 16.3. The fourth-order valence-corrected chi connectivity index (χ4v) is 3.79. The van der Waals surface area contributed by atoms with Crippen molar-refractivity contribution in [1.29, 1.82) is 5.26 Å². The van der Waals surface area contributed by atoms with E-state index in [2.05, 4.69) is 13.0 Å². The monoisotopic (exact) mass is 279 g/mol. The van der Waals surface area contributed by atoms with E-state index < -0.39 is 11.5 Å². The van der Waals surface area contributed by atoms with Gasteiger partial charge in [0.25, 0.3) is 0 Å². The Kier molecular flexibility index (Phi) is 3.69. The minimum absolute atomic E-state index is 0.503. The molecule has 1 aliphatic rings. The molecule has 0 aromatic heterocycles. The fraction of sp³-hybridized carbons (Fsp3) is 0.421. The Labute approximate surface area is 126 Å². The molecule has 0 heterocycles. The molecule has 0 amide bonds. The van der Waals surface area contributed by atoms with Crippen LogP contribution in [-0.4, -0.2) is 5.11 Å². The van der Waals surface area contributed by atoms with E-state index in [1.807, 2.05) is 42.5 Å². The number of hydrogen-bond donors (Lipinski definition) is 1. The minimum Gasteiger partial charge on any atom is -0.387 e. The fourth-order valence-electron chi connectivity index (χ4n) is 3.79. The lowest BCUT2D eigenvalue weighted by molar-refractivity contribution is 0.0229. The van der Waals surface area contributed by atoms with Crippen molar-refractivity contribution in [3.8, 4) is 6.07 Å². The first-order valence-corrected chi connectivity index (χ1v) is 7.73. The Balaban J connectivity index is 2.07. The molecular weight excluding hydrogens is 258 g/mol. The molecule has 3 atom stereocenters. The summed E-state index contributed by atoms with van der Waals surface area (Å²) in [5.41, 5.74) is 0.255. The summed E-state index contributed by atoms with van der Waals surface area (Å²) in [5.74, 6) is 0.503. The summed E-state index contributed by atoms with van der Waals surface area (Å²) >= 11 is 0. The van der Waals surface area contributed by atoms with E-state index in [1.54, 1.807) is 0 Å². The van der Waals surface area contributed by atoms with E-state index in [-0.39, 0.29) is 0 Å². The SMILES string of the molecule is CC1CCCC(C#N)(C(O)c2cccc3ccccc23)C1. The molecule has 108 valence electrons. The van der Waals surface area contributed by atoms with E-state index in [9.17, 15) is 10.4 Å². The van der Waals surface area contributed by atoms with E-state index in [0.29, 0.717) is 5.92 Å².